The molecule has 10 atom stereocenters. The Hall–Kier alpha value is -4.93. The van der Waals surface area contributed by atoms with Gasteiger partial charge in [0.1, 0.15) is 84.9 Å². The van der Waals surface area contributed by atoms with Gasteiger partial charge in [-0.05, 0) is 47.5 Å². The van der Waals surface area contributed by atoms with E-state index in [9.17, 15) is 40.9 Å². The Labute approximate surface area is 313 Å². The van der Waals surface area contributed by atoms with Crippen molar-refractivity contribution in [1.82, 2.24) is 35.0 Å². The molecule has 0 spiro atoms. The van der Waals surface area contributed by atoms with Crippen molar-refractivity contribution in [2.75, 3.05) is 0 Å². The van der Waals surface area contributed by atoms with Crippen molar-refractivity contribution in [3.8, 4) is 11.5 Å². The molecule has 2 aliphatic rings. The predicted octanol–water partition coefficient (Wildman–Crippen LogP) is -1.80. The normalized spacial score (nSPS) is 28.8. The van der Waals surface area contributed by atoms with E-state index in [4.69, 9.17) is 18.9 Å². The van der Waals surface area contributed by atoms with Crippen molar-refractivity contribution in [2.24, 2.45) is 0 Å². The van der Waals surface area contributed by atoms with E-state index in [1.807, 2.05) is 66.7 Å². The standard InChI is InChI=1S/C36H41N7O12/c44-29-26(54-35(50)33(48)31(29)46)15-42-13-21(38-40-42)17-52-23-8-4-19(5-9-23)28(25-3-1-2-12-37-25)20-6-10-24(11-7-20)53-18-22-14-43(41-39-22)16-27-30(45)32(47)34(49)36(51)55-27/h1-14,26-36,44-51H,15-18H2/t26-,27-,29+,30+,31+,32+,33-,34-,35+,36+/m1/s1. The molecule has 0 amide bonds. The molecule has 5 aromatic rings. The zero-order valence-corrected chi connectivity index (χ0v) is 29.1. The average Bonchev–Trinajstić information content (AvgIpc) is 3.86. The predicted molar refractivity (Wildman–Crippen MR) is 185 cm³/mol. The lowest BCUT2D eigenvalue weighted by Gasteiger charge is -2.38. The fraction of sp³-hybridized carbons (Fsp3) is 0.417. The van der Waals surface area contributed by atoms with Crippen LogP contribution in [0.1, 0.15) is 34.1 Å². The second-order valence-corrected chi connectivity index (χ2v) is 13.3. The van der Waals surface area contributed by atoms with Crippen LogP contribution in [0.2, 0.25) is 0 Å². The molecule has 7 rings (SSSR count). The number of rotatable bonds is 13. The minimum absolute atomic E-state index is 0.0226. The molecule has 19 nitrogen and oxygen atoms in total. The second-order valence-electron chi connectivity index (χ2n) is 13.3. The molecule has 2 aromatic carbocycles. The van der Waals surface area contributed by atoms with Crippen molar-refractivity contribution >= 4 is 0 Å². The Morgan fingerprint density at radius 2 is 1.02 bits per heavy atom. The van der Waals surface area contributed by atoms with E-state index in [-0.39, 0.29) is 32.2 Å². The number of aliphatic hydroxyl groups is 8. The molecule has 0 bridgehead atoms. The second kappa shape index (κ2) is 16.8. The molecule has 19 heteroatoms. The van der Waals surface area contributed by atoms with Crippen molar-refractivity contribution in [3.63, 3.8) is 0 Å². The number of nitrogens with zero attached hydrogens (tertiary/aromatic N) is 7. The smallest absolute Gasteiger partial charge is 0.184 e. The van der Waals surface area contributed by atoms with Crippen LogP contribution in [-0.2, 0) is 35.8 Å². The van der Waals surface area contributed by atoms with Gasteiger partial charge >= 0.3 is 0 Å². The SMILES string of the molecule is O[C@@H]1[C@@H](O)[C@@H](O)O[C@H](Cn2cc(COc3ccc(C(c4ccc(OCc5cn(C[C@H]6O[C@H](O)[C@H](O)[C@@H](O)[C@H]6O)nn5)cc4)c4ccccn4)cc3)nn2)[C@@H]1O. The topological polar surface area (TPSA) is 273 Å². The summed E-state index contributed by atoms with van der Waals surface area (Å²) in [6.45, 7) is 0.142. The average molecular weight is 764 g/mol. The van der Waals surface area contributed by atoms with Crippen LogP contribution >= 0.6 is 0 Å². The lowest BCUT2D eigenvalue weighted by molar-refractivity contribution is -0.284. The van der Waals surface area contributed by atoms with Gasteiger partial charge in [0.05, 0.1) is 37.1 Å². The first-order chi connectivity index (χ1) is 26.5. The first-order valence-corrected chi connectivity index (χ1v) is 17.4. The van der Waals surface area contributed by atoms with E-state index in [1.165, 1.54) is 9.36 Å². The number of ether oxygens (including phenoxy) is 4. The Morgan fingerprint density at radius 3 is 1.44 bits per heavy atom. The summed E-state index contributed by atoms with van der Waals surface area (Å²) in [6, 6.07) is 20.9. The van der Waals surface area contributed by atoms with Crippen LogP contribution < -0.4 is 9.47 Å². The molecule has 8 N–H and O–H groups in total. The van der Waals surface area contributed by atoms with Crippen LogP contribution in [0.5, 0.6) is 11.5 Å². The van der Waals surface area contributed by atoms with Gasteiger partial charge < -0.3 is 59.8 Å². The number of aromatic nitrogens is 7. The molecule has 2 aliphatic heterocycles. The first-order valence-electron chi connectivity index (χ1n) is 17.4. The van der Waals surface area contributed by atoms with Crippen LogP contribution in [0.4, 0.5) is 0 Å². The quantitative estimate of drug-likeness (QED) is 0.0657. The Balaban J connectivity index is 0.951. The van der Waals surface area contributed by atoms with Gasteiger partial charge in [0, 0.05) is 6.20 Å². The third-order valence-electron chi connectivity index (χ3n) is 9.46. The van der Waals surface area contributed by atoms with Gasteiger partial charge in [-0.3, -0.25) is 4.98 Å². The Kier molecular flexibility index (Phi) is 11.7. The van der Waals surface area contributed by atoms with Gasteiger partial charge in [0.2, 0.25) is 0 Å². The summed E-state index contributed by atoms with van der Waals surface area (Å²) in [5, 5.41) is 95.5. The summed E-state index contributed by atoms with van der Waals surface area (Å²) >= 11 is 0. The van der Waals surface area contributed by atoms with Gasteiger partial charge in [0.15, 0.2) is 12.6 Å². The summed E-state index contributed by atoms with van der Waals surface area (Å²) in [6.07, 6.45) is -9.63. The number of aliphatic hydroxyl groups excluding tert-OH is 8. The van der Waals surface area contributed by atoms with E-state index in [1.54, 1.807) is 18.6 Å². The third-order valence-corrected chi connectivity index (χ3v) is 9.46. The minimum Gasteiger partial charge on any atom is -0.487 e. The zero-order valence-electron chi connectivity index (χ0n) is 29.1. The zero-order chi connectivity index (χ0) is 38.6. The van der Waals surface area contributed by atoms with E-state index in [2.05, 4.69) is 25.6 Å². The van der Waals surface area contributed by atoms with Crippen molar-refractivity contribution < 1.29 is 59.8 Å². The molecule has 0 saturated carbocycles. The summed E-state index contributed by atoms with van der Waals surface area (Å²) in [7, 11) is 0. The molecule has 2 saturated heterocycles. The number of hydrogen-bond acceptors (Lipinski definition) is 17. The number of benzene rings is 2. The van der Waals surface area contributed by atoms with Crippen LogP contribution in [0.3, 0.4) is 0 Å². The van der Waals surface area contributed by atoms with E-state index in [0.717, 1.165) is 16.8 Å². The van der Waals surface area contributed by atoms with Crippen LogP contribution in [0.15, 0.2) is 85.3 Å². The number of pyridine rings is 1. The van der Waals surface area contributed by atoms with Crippen LogP contribution in [0.25, 0.3) is 0 Å². The molecular formula is C36H41N7O12. The highest BCUT2D eigenvalue weighted by atomic mass is 16.6. The maximum Gasteiger partial charge on any atom is 0.184 e. The molecule has 0 radical (unpaired) electrons. The molecule has 0 aliphatic carbocycles. The van der Waals surface area contributed by atoms with Gasteiger partial charge in [0.25, 0.3) is 0 Å². The molecule has 3 aromatic heterocycles. The number of hydrogen-bond donors (Lipinski definition) is 8. The summed E-state index contributed by atoms with van der Waals surface area (Å²) in [5.74, 6) is 0.956. The Bertz CT molecular complexity index is 1850. The third kappa shape index (κ3) is 8.81. The highest BCUT2D eigenvalue weighted by Gasteiger charge is 2.44. The molecule has 5 heterocycles. The van der Waals surface area contributed by atoms with Crippen molar-refractivity contribution in [2.45, 2.75) is 93.6 Å². The lowest BCUT2D eigenvalue weighted by Crippen LogP contribution is -2.58. The van der Waals surface area contributed by atoms with Gasteiger partial charge in [-0.2, -0.15) is 0 Å². The summed E-state index contributed by atoms with van der Waals surface area (Å²) < 4.78 is 25.1. The van der Waals surface area contributed by atoms with Gasteiger partial charge in [-0.1, -0.05) is 40.8 Å². The van der Waals surface area contributed by atoms with Gasteiger partial charge in [-0.15, -0.1) is 10.2 Å². The maximum absolute atomic E-state index is 10.2. The summed E-state index contributed by atoms with van der Waals surface area (Å²) in [5.41, 5.74) is 3.74. The van der Waals surface area contributed by atoms with Crippen molar-refractivity contribution in [1.29, 1.82) is 0 Å². The Morgan fingerprint density at radius 1 is 0.564 bits per heavy atom. The first kappa shape index (κ1) is 38.3. The maximum atomic E-state index is 10.2. The molecular weight excluding hydrogens is 722 g/mol. The van der Waals surface area contributed by atoms with E-state index >= 15 is 0 Å². The summed E-state index contributed by atoms with van der Waals surface area (Å²) in [4.78, 5) is 4.62. The lowest BCUT2D eigenvalue weighted by atomic mass is 9.88. The molecule has 0 unspecified atom stereocenters. The molecule has 2 fully saturated rings. The van der Waals surface area contributed by atoms with Gasteiger partial charge in [-0.25, -0.2) is 9.36 Å². The van der Waals surface area contributed by atoms with Crippen LogP contribution in [0, 0.1) is 0 Å². The minimum atomic E-state index is -1.64. The molecule has 55 heavy (non-hydrogen) atoms. The molecule has 292 valence electrons. The van der Waals surface area contributed by atoms with E-state index in [0.29, 0.717) is 22.9 Å². The van der Waals surface area contributed by atoms with E-state index < -0.39 is 61.4 Å². The highest BCUT2D eigenvalue weighted by molar-refractivity contribution is 5.43. The largest absolute Gasteiger partial charge is 0.487 e. The fourth-order valence-corrected chi connectivity index (χ4v) is 6.43. The monoisotopic (exact) mass is 763 g/mol. The van der Waals surface area contributed by atoms with Crippen molar-refractivity contribution in [3.05, 3.63) is 114 Å². The fourth-order valence-electron chi connectivity index (χ4n) is 6.43. The highest BCUT2D eigenvalue weighted by Crippen LogP contribution is 2.33. The van der Waals surface area contributed by atoms with Crippen LogP contribution in [-0.4, -0.2) is 137 Å².